The van der Waals surface area contributed by atoms with E-state index in [9.17, 15) is 8.42 Å². The lowest BCUT2D eigenvalue weighted by Gasteiger charge is -2.07. The third kappa shape index (κ3) is 4.20. The van der Waals surface area contributed by atoms with Gasteiger partial charge in [-0.1, -0.05) is 19.1 Å². The minimum atomic E-state index is -3.18. The summed E-state index contributed by atoms with van der Waals surface area (Å²) >= 11 is 0. The quantitative estimate of drug-likeness (QED) is 0.790. The zero-order chi connectivity index (χ0) is 12.0. The minimum Gasteiger partial charge on any atom is -0.330 e. The maximum absolute atomic E-state index is 11.5. The van der Waals surface area contributed by atoms with E-state index in [1.807, 2.05) is 19.1 Å². The molecular formula is C11H18N2O2S. The van der Waals surface area contributed by atoms with Crippen LogP contribution >= 0.6 is 0 Å². The SMILES string of the molecule is CCCS(=O)(=O)Nc1ccc(CCN)cc1. The van der Waals surface area contributed by atoms with Crippen molar-refractivity contribution >= 4 is 15.7 Å². The van der Waals surface area contributed by atoms with Crippen molar-refractivity contribution in [2.45, 2.75) is 19.8 Å². The summed E-state index contributed by atoms with van der Waals surface area (Å²) in [7, 11) is -3.18. The van der Waals surface area contributed by atoms with Gasteiger partial charge in [-0.2, -0.15) is 0 Å². The van der Waals surface area contributed by atoms with E-state index < -0.39 is 10.0 Å². The summed E-state index contributed by atoms with van der Waals surface area (Å²) in [6.45, 7) is 2.44. The highest BCUT2D eigenvalue weighted by Crippen LogP contribution is 2.11. The van der Waals surface area contributed by atoms with E-state index in [2.05, 4.69) is 4.72 Å². The number of nitrogens with two attached hydrogens (primary N) is 1. The number of nitrogens with one attached hydrogen (secondary N) is 1. The van der Waals surface area contributed by atoms with Crippen LogP contribution in [-0.2, 0) is 16.4 Å². The lowest BCUT2D eigenvalue weighted by Crippen LogP contribution is -2.16. The molecule has 0 bridgehead atoms. The molecule has 0 amide bonds. The van der Waals surface area contributed by atoms with E-state index >= 15 is 0 Å². The summed E-state index contributed by atoms with van der Waals surface area (Å²) in [5.74, 6) is 0.150. The van der Waals surface area contributed by atoms with Gasteiger partial charge < -0.3 is 5.73 Å². The van der Waals surface area contributed by atoms with E-state index in [1.165, 1.54) is 0 Å². The van der Waals surface area contributed by atoms with Crippen molar-refractivity contribution in [3.63, 3.8) is 0 Å². The fraction of sp³-hybridized carbons (Fsp3) is 0.455. The van der Waals surface area contributed by atoms with Gasteiger partial charge in [0.15, 0.2) is 0 Å². The summed E-state index contributed by atoms with van der Waals surface area (Å²) in [6, 6.07) is 7.30. The number of anilines is 1. The van der Waals surface area contributed by atoms with Gasteiger partial charge in [-0.05, 0) is 37.1 Å². The number of benzene rings is 1. The Morgan fingerprint density at radius 2 is 1.88 bits per heavy atom. The van der Waals surface area contributed by atoms with Crippen LogP contribution in [-0.4, -0.2) is 20.7 Å². The topological polar surface area (TPSA) is 72.2 Å². The minimum absolute atomic E-state index is 0.150. The Bertz CT molecular complexity index is 412. The fourth-order valence-electron chi connectivity index (χ4n) is 1.41. The molecule has 0 spiro atoms. The van der Waals surface area contributed by atoms with Gasteiger partial charge in [0.2, 0.25) is 10.0 Å². The molecule has 0 aliphatic rings. The van der Waals surface area contributed by atoms with Crippen molar-refractivity contribution in [3.8, 4) is 0 Å². The van der Waals surface area contributed by atoms with E-state index in [0.717, 1.165) is 12.0 Å². The standard InChI is InChI=1S/C11H18N2O2S/c1-2-9-16(14,15)13-11-5-3-10(4-6-11)7-8-12/h3-6,13H,2,7-9,12H2,1H3. The molecule has 1 aromatic carbocycles. The Kier molecular flexibility index (Phi) is 4.76. The summed E-state index contributed by atoms with van der Waals surface area (Å²) in [4.78, 5) is 0. The van der Waals surface area contributed by atoms with Crippen LogP contribution in [0.25, 0.3) is 0 Å². The Morgan fingerprint density at radius 1 is 1.25 bits per heavy atom. The van der Waals surface area contributed by atoms with Crippen LogP contribution in [0.15, 0.2) is 24.3 Å². The summed E-state index contributed by atoms with van der Waals surface area (Å²) < 4.78 is 25.5. The molecule has 16 heavy (non-hydrogen) atoms. The van der Waals surface area contributed by atoms with Gasteiger partial charge >= 0.3 is 0 Å². The van der Waals surface area contributed by atoms with E-state index in [4.69, 9.17) is 5.73 Å². The first-order chi connectivity index (χ1) is 7.57. The molecule has 0 saturated carbocycles. The Labute approximate surface area is 96.9 Å². The molecule has 1 rings (SSSR count). The molecule has 4 nitrogen and oxygen atoms in total. The molecule has 0 radical (unpaired) electrons. The van der Waals surface area contributed by atoms with Gasteiger partial charge in [-0.25, -0.2) is 8.42 Å². The smallest absolute Gasteiger partial charge is 0.232 e. The maximum atomic E-state index is 11.5. The second-order valence-corrected chi connectivity index (χ2v) is 5.50. The van der Waals surface area contributed by atoms with Gasteiger partial charge in [-0.3, -0.25) is 4.72 Å². The van der Waals surface area contributed by atoms with Crippen LogP contribution in [0, 0.1) is 0 Å². The highest BCUT2D eigenvalue weighted by atomic mass is 32.2. The van der Waals surface area contributed by atoms with Crippen LogP contribution in [0.2, 0.25) is 0 Å². The zero-order valence-electron chi connectivity index (χ0n) is 9.44. The predicted octanol–water partition coefficient (Wildman–Crippen LogP) is 1.34. The summed E-state index contributed by atoms with van der Waals surface area (Å²) in [5.41, 5.74) is 7.15. The maximum Gasteiger partial charge on any atom is 0.232 e. The van der Waals surface area contributed by atoms with Crippen LogP contribution in [0.1, 0.15) is 18.9 Å². The molecule has 3 N–H and O–H groups in total. The van der Waals surface area contributed by atoms with Gasteiger partial charge in [0.25, 0.3) is 0 Å². The van der Waals surface area contributed by atoms with Crippen molar-refractivity contribution in [2.24, 2.45) is 5.73 Å². The molecular weight excluding hydrogens is 224 g/mol. The first-order valence-electron chi connectivity index (χ1n) is 5.37. The number of sulfonamides is 1. The monoisotopic (exact) mass is 242 g/mol. The number of rotatable bonds is 6. The van der Waals surface area contributed by atoms with E-state index in [-0.39, 0.29) is 5.75 Å². The zero-order valence-corrected chi connectivity index (χ0v) is 10.3. The molecule has 0 unspecified atom stereocenters. The molecule has 0 atom stereocenters. The summed E-state index contributed by atoms with van der Waals surface area (Å²) in [6.07, 6.45) is 1.42. The van der Waals surface area contributed by atoms with Gasteiger partial charge in [0.05, 0.1) is 5.75 Å². The average molecular weight is 242 g/mol. The van der Waals surface area contributed by atoms with Gasteiger partial charge in [0, 0.05) is 5.69 Å². The van der Waals surface area contributed by atoms with E-state index in [1.54, 1.807) is 12.1 Å². The second kappa shape index (κ2) is 5.86. The Balaban J connectivity index is 2.68. The Hall–Kier alpha value is -1.07. The van der Waals surface area contributed by atoms with Gasteiger partial charge in [0.1, 0.15) is 0 Å². The molecule has 0 heterocycles. The molecule has 1 aromatic rings. The number of hydrogen-bond acceptors (Lipinski definition) is 3. The highest BCUT2D eigenvalue weighted by Gasteiger charge is 2.07. The van der Waals surface area contributed by atoms with Crippen molar-refractivity contribution in [3.05, 3.63) is 29.8 Å². The van der Waals surface area contributed by atoms with Gasteiger partial charge in [-0.15, -0.1) is 0 Å². The third-order valence-corrected chi connectivity index (χ3v) is 3.63. The molecule has 0 saturated heterocycles. The number of hydrogen-bond donors (Lipinski definition) is 2. The fourth-order valence-corrected chi connectivity index (χ4v) is 2.54. The second-order valence-electron chi connectivity index (χ2n) is 3.66. The van der Waals surface area contributed by atoms with E-state index in [0.29, 0.717) is 18.7 Å². The lowest BCUT2D eigenvalue weighted by molar-refractivity contribution is 0.600. The van der Waals surface area contributed by atoms with Crippen LogP contribution in [0.3, 0.4) is 0 Å². The van der Waals surface area contributed by atoms with Crippen LogP contribution in [0.5, 0.6) is 0 Å². The van der Waals surface area contributed by atoms with Crippen molar-refractivity contribution < 1.29 is 8.42 Å². The highest BCUT2D eigenvalue weighted by molar-refractivity contribution is 7.92. The molecule has 0 aliphatic heterocycles. The third-order valence-electron chi connectivity index (χ3n) is 2.13. The molecule has 0 aliphatic carbocycles. The average Bonchev–Trinajstić information content (AvgIpc) is 2.21. The van der Waals surface area contributed by atoms with Crippen molar-refractivity contribution in [1.29, 1.82) is 0 Å². The van der Waals surface area contributed by atoms with Crippen molar-refractivity contribution in [2.75, 3.05) is 17.0 Å². The largest absolute Gasteiger partial charge is 0.330 e. The first-order valence-corrected chi connectivity index (χ1v) is 7.02. The summed E-state index contributed by atoms with van der Waals surface area (Å²) in [5, 5.41) is 0. The molecule has 90 valence electrons. The Morgan fingerprint density at radius 3 is 2.38 bits per heavy atom. The molecule has 5 heteroatoms. The lowest BCUT2D eigenvalue weighted by atomic mass is 10.1. The van der Waals surface area contributed by atoms with Crippen molar-refractivity contribution in [1.82, 2.24) is 0 Å². The normalized spacial score (nSPS) is 11.4. The van der Waals surface area contributed by atoms with Crippen LogP contribution in [0.4, 0.5) is 5.69 Å². The predicted molar refractivity (Wildman–Crippen MR) is 66.9 cm³/mol. The molecule has 0 aromatic heterocycles. The van der Waals surface area contributed by atoms with Crippen LogP contribution < -0.4 is 10.5 Å². The molecule has 0 fully saturated rings. The first kappa shape index (κ1) is 13.0.